The van der Waals surface area contributed by atoms with Crippen LogP contribution in [0.1, 0.15) is 46.0 Å². The Labute approximate surface area is 152 Å². The monoisotopic (exact) mass is 399 g/mol. The summed E-state index contributed by atoms with van der Waals surface area (Å²) in [5.41, 5.74) is 1.05. The highest BCUT2D eigenvalue weighted by molar-refractivity contribution is 7.90. The molecule has 1 N–H and O–H groups in total. The van der Waals surface area contributed by atoms with Crippen LogP contribution in [-0.2, 0) is 31.8 Å². The Morgan fingerprint density at radius 2 is 2.12 bits per heavy atom. The molecule has 140 valence electrons. The van der Waals surface area contributed by atoms with Gasteiger partial charge >= 0.3 is 11.4 Å². The molecule has 0 bridgehead atoms. The fraction of sp³-hybridized carbons (Fsp3) is 0.375. The van der Waals surface area contributed by atoms with Crippen molar-refractivity contribution >= 4 is 27.0 Å². The average molecular weight is 399 g/mol. The third-order valence-electron chi connectivity index (χ3n) is 4.10. The zero-order valence-electron chi connectivity index (χ0n) is 13.9. The number of hydrogen-bond acceptors (Lipinski definition) is 7. The fourth-order valence-corrected chi connectivity index (χ4v) is 3.55. The third kappa shape index (κ3) is 4.26. The summed E-state index contributed by atoms with van der Waals surface area (Å²) in [7, 11) is -3.47. The zero-order valence-corrected chi connectivity index (χ0v) is 15.5. The van der Waals surface area contributed by atoms with Crippen molar-refractivity contribution in [2.75, 3.05) is 12.9 Å². The molecule has 26 heavy (non-hydrogen) atoms. The third-order valence-corrected chi connectivity index (χ3v) is 5.57. The number of sulfone groups is 1. The molecule has 1 aromatic heterocycles. The normalized spacial score (nSPS) is 15.8. The van der Waals surface area contributed by atoms with Crippen LogP contribution in [0.2, 0.25) is 0 Å². The first kappa shape index (κ1) is 18.9. The maximum absolute atomic E-state index is 12.9. The standard InChI is InChI=1S/C16H17NO7S2/c1-26(21,22)12-4-5-13(11(8-12)6-7-23-25(19)20)15(18)14-9-17-24-16(14)10-2-3-10/h4-5,8-10H,2-3,6-7H2,1H3,(H,19,20). The SMILES string of the molecule is CS(=O)(=O)c1ccc(C(=O)c2cnoc2C2CC2)c(CCOS(=O)O)c1. The molecule has 1 aliphatic rings. The van der Waals surface area contributed by atoms with Gasteiger partial charge in [0.15, 0.2) is 21.4 Å². The Bertz CT molecular complexity index is 961. The van der Waals surface area contributed by atoms with E-state index in [2.05, 4.69) is 9.34 Å². The lowest BCUT2D eigenvalue weighted by Crippen LogP contribution is -2.11. The summed E-state index contributed by atoms with van der Waals surface area (Å²) in [5.74, 6) is 0.407. The molecular weight excluding hydrogens is 382 g/mol. The highest BCUT2D eigenvalue weighted by Crippen LogP contribution is 2.42. The lowest BCUT2D eigenvalue weighted by atomic mass is 9.96. The van der Waals surface area contributed by atoms with E-state index in [0.29, 0.717) is 16.9 Å². The largest absolute Gasteiger partial charge is 0.360 e. The van der Waals surface area contributed by atoms with Crippen molar-refractivity contribution in [2.24, 2.45) is 0 Å². The number of carbonyl (C=O) groups excluding carboxylic acids is 1. The number of aromatic nitrogens is 1. The second kappa shape index (κ2) is 7.39. The number of ketones is 1. The van der Waals surface area contributed by atoms with Crippen LogP contribution in [0, 0.1) is 0 Å². The van der Waals surface area contributed by atoms with E-state index < -0.39 is 21.2 Å². The van der Waals surface area contributed by atoms with E-state index in [9.17, 15) is 17.4 Å². The molecule has 1 atom stereocenters. The molecule has 1 fully saturated rings. The Hall–Kier alpha value is -1.88. The molecule has 0 amide bonds. The minimum absolute atomic E-state index is 0.0573. The van der Waals surface area contributed by atoms with Crippen molar-refractivity contribution in [3.05, 3.63) is 46.8 Å². The summed E-state index contributed by atoms with van der Waals surface area (Å²) in [5, 5.41) is 3.71. The average Bonchev–Trinajstić information content (AvgIpc) is 3.30. The minimum atomic E-state index is -3.47. The minimum Gasteiger partial charge on any atom is -0.360 e. The van der Waals surface area contributed by atoms with Crippen molar-refractivity contribution in [1.29, 1.82) is 0 Å². The molecule has 1 unspecified atom stereocenters. The van der Waals surface area contributed by atoms with Crippen LogP contribution in [0.3, 0.4) is 0 Å². The van der Waals surface area contributed by atoms with Gasteiger partial charge in [-0.3, -0.25) is 13.5 Å². The van der Waals surface area contributed by atoms with Gasteiger partial charge in [0.1, 0.15) is 0 Å². The maximum Gasteiger partial charge on any atom is 0.301 e. The molecule has 0 saturated heterocycles. The van der Waals surface area contributed by atoms with Gasteiger partial charge in [-0.1, -0.05) is 5.16 Å². The molecule has 1 saturated carbocycles. The zero-order chi connectivity index (χ0) is 18.9. The van der Waals surface area contributed by atoms with E-state index >= 15 is 0 Å². The number of hydrogen-bond donors (Lipinski definition) is 1. The molecule has 1 heterocycles. The van der Waals surface area contributed by atoms with Crippen LogP contribution in [0.5, 0.6) is 0 Å². The first-order valence-electron chi connectivity index (χ1n) is 7.83. The lowest BCUT2D eigenvalue weighted by Gasteiger charge is -2.10. The lowest BCUT2D eigenvalue weighted by molar-refractivity contribution is 0.103. The summed E-state index contributed by atoms with van der Waals surface area (Å²) in [6, 6.07) is 4.19. The quantitative estimate of drug-likeness (QED) is 0.527. The molecule has 3 rings (SSSR count). The van der Waals surface area contributed by atoms with Gasteiger partial charge in [-0.2, -0.15) is 4.21 Å². The summed E-state index contributed by atoms with van der Waals surface area (Å²) in [4.78, 5) is 13.0. The topological polar surface area (TPSA) is 124 Å². The second-order valence-electron chi connectivity index (χ2n) is 6.09. The Morgan fingerprint density at radius 3 is 2.73 bits per heavy atom. The van der Waals surface area contributed by atoms with E-state index in [1.165, 1.54) is 24.4 Å². The van der Waals surface area contributed by atoms with E-state index in [4.69, 9.17) is 9.08 Å². The molecule has 8 nitrogen and oxygen atoms in total. The molecule has 0 radical (unpaired) electrons. The summed E-state index contributed by atoms with van der Waals surface area (Å²) >= 11 is -2.44. The van der Waals surface area contributed by atoms with E-state index in [1.54, 1.807) is 0 Å². The van der Waals surface area contributed by atoms with Crippen molar-refractivity contribution in [3.8, 4) is 0 Å². The van der Waals surface area contributed by atoms with Gasteiger partial charge in [-0.25, -0.2) is 8.42 Å². The van der Waals surface area contributed by atoms with Crippen LogP contribution in [0.25, 0.3) is 0 Å². The van der Waals surface area contributed by atoms with Gasteiger partial charge in [0.25, 0.3) is 0 Å². The van der Waals surface area contributed by atoms with Gasteiger partial charge < -0.3 is 4.52 Å². The summed E-state index contributed by atoms with van der Waals surface area (Å²) in [6.45, 7) is -0.143. The summed E-state index contributed by atoms with van der Waals surface area (Å²) < 4.78 is 52.8. The Kier molecular flexibility index (Phi) is 5.37. The summed E-state index contributed by atoms with van der Waals surface area (Å²) in [6.07, 6.45) is 4.40. The van der Waals surface area contributed by atoms with Crippen molar-refractivity contribution in [3.63, 3.8) is 0 Å². The predicted octanol–water partition coefficient (Wildman–Crippen LogP) is 1.88. The molecule has 1 aliphatic carbocycles. The van der Waals surface area contributed by atoms with Crippen LogP contribution in [0.15, 0.2) is 33.8 Å². The molecule has 0 aliphatic heterocycles. The molecular formula is C16H17NO7S2. The number of nitrogens with zero attached hydrogens (tertiary/aromatic N) is 1. The van der Waals surface area contributed by atoms with Crippen molar-refractivity contribution < 1.29 is 30.7 Å². The van der Waals surface area contributed by atoms with E-state index in [0.717, 1.165) is 19.1 Å². The molecule has 10 heteroatoms. The van der Waals surface area contributed by atoms with E-state index in [-0.39, 0.29) is 35.2 Å². The number of benzene rings is 1. The maximum atomic E-state index is 12.9. The molecule has 0 spiro atoms. The van der Waals surface area contributed by atoms with Crippen LogP contribution in [-0.4, -0.2) is 41.0 Å². The Morgan fingerprint density at radius 1 is 1.38 bits per heavy atom. The fourth-order valence-electron chi connectivity index (χ4n) is 2.66. The van der Waals surface area contributed by atoms with E-state index in [1.807, 2.05) is 0 Å². The van der Waals surface area contributed by atoms with Gasteiger partial charge in [0, 0.05) is 17.7 Å². The number of rotatable bonds is 8. The van der Waals surface area contributed by atoms with Crippen LogP contribution in [0.4, 0.5) is 0 Å². The van der Waals surface area contributed by atoms with Crippen LogP contribution < -0.4 is 0 Å². The highest BCUT2D eigenvalue weighted by Gasteiger charge is 2.33. The van der Waals surface area contributed by atoms with Gasteiger partial charge in [-0.05, 0) is 43.0 Å². The Balaban J connectivity index is 1.97. The second-order valence-corrected chi connectivity index (χ2v) is 8.77. The van der Waals surface area contributed by atoms with Crippen LogP contribution >= 0.6 is 0 Å². The smallest absolute Gasteiger partial charge is 0.301 e. The first-order chi connectivity index (χ1) is 12.3. The molecule has 1 aromatic carbocycles. The first-order valence-corrected chi connectivity index (χ1v) is 10.8. The van der Waals surface area contributed by atoms with Crippen molar-refractivity contribution in [2.45, 2.75) is 30.1 Å². The van der Waals surface area contributed by atoms with Crippen molar-refractivity contribution in [1.82, 2.24) is 5.16 Å². The van der Waals surface area contributed by atoms with Gasteiger partial charge in [0.05, 0.1) is 23.3 Å². The molecule has 2 aromatic rings. The van der Waals surface area contributed by atoms with Gasteiger partial charge in [-0.15, -0.1) is 0 Å². The van der Waals surface area contributed by atoms with Gasteiger partial charge in [0.2, 0.25) is 0 Å². The number of carbonyl (C=O) groups is 1. The predicted molar refractivity (Wildman–Crippen MR) is 91.9 cm³/mol. The highest BCUT2D eigenvalue weighted by atomic mass is 32.2.